The van der Waals surface area contributed by atoms with Crippen LogP contribution in [0, 0.1) is 0 Å². The maximum atomic E-state index is 13.1. The van der Waals surface area contributed by atoms with Crippen molar-refractivity contribution in [2.24, 2.45) is 10.7 Å². The number of anilines is 2. The lowest BCUT2D eigenvalue weighted by atomic mass is 9.94. The lowest BCUT2D eigenvalue weighted by Crippen LogP contribution is -2.23. The fourth-order valence-corrected chi connectivity index (χ4v) is 4.05. The maximum Gasteiger partial charge on any atom is 0.357 e. The predicted octanol–water partition coefficient (Wildman–Crippen LogP) is 4.16. The molecule has 0 spiro atoms. The van der Waals surface area contributed by atoms with Crippen LogP contribution in [0.5, 0.6) is 0 Å². The van der Waals surface area contributed by atoms with E-state index in [4.69, 9.17) is 21.0 Å². The summed E-state index contributed by atoms with van der Waals surface area (Å²) in [7, 11) is 1.66. The molecular weight excluding hydrogens is 470 g/mol. The molecular formula is C28H27N5O4. The summed E-state index contributed by atoms with van der Waals surface area (Å²) in [6.45, 7) is 0.383. The van der Waals surface area contributed by atoms with E-state index < -0.39 is 5.97 Å². The number of aromatic carboxylic acids is 1. The standard InChI is InChI=1S/C28H27N5O4/c1-31-25(18-7-9-19(10-8-18)27-33-24(16-37-27)28(35)36)22-15-20(11-12-23(22)30)32-26(34)21(13-14-29)17-5-3-2-4-6-17/h2-12,15-16,21H,13-14,29-30H2,1H3,(H,32,34)(H,35,36)/b31-25-. The van der Waals surface area contributed by atoms with Gasteiger partial charge in [0.25, 0.3) is 0 Å². The van der Waals surface area contributed by atoms with Crippen LogP contribution >= 0.6 is 0 Å². The van der Waals surface area contributed by atoms with E-state index in [1.165, 1.54) is 0 Å². The van der Waals surface area contributed by atoms with Crippen LogP contribution in [0.15, 0.2) is 88.5 Å². The highest BCUT2D eigenvalue weighted by Crippen LogP contribution is 2.26. The van der Waals surface area contributed by atoms with Crippen molar-refractivity contribution in [3.05, 3.63) is 101 Å². The van der Waals surface area contributed by atoms with Gasteiger partial charge in [-0.1, -0.05) is 42.5 Å². The fourth-order valence-electron chi connectivity index (χ4n) is 4.05. The molecule has 0 radical (unpaired) electrons. The van der Waals surface area contributed by atoms with Gasteiger partial charge in [0.1, 0.15) is 6.26 Å². The highest BCUT2D eigenvalue weighted by atomic mass is 16.4. The largest absolute Gasteiger partial charge is 0.476 e. The molecule has 4 rings (SSSR count). The van der Waals surface area contributed by atoms with Crippen molar-refractivity contribution >= 4 is 29.0 Å². The van der Waals surface area contributed by atoms with Gasteiger partial charge in [-0.15, -0.1) is 0 Å². The summed E-state index contributed by atoms with van der Waals surface area (Å²) in [4.78, 5) is 32.6. The first-order chi connectivity index (χ1) is 17.9. The number of aromatic nitrogens is 1. The van der Waals surface area contributed by atoms with E-state index in [9.17, 15) is 9.59 Å². The van der Waals surface area contributed by atoms with Gasteiger partial charge in [-0.3, -0.25) is 9.79 Å². The summed E-state index contributed by atoms with van der Waals surface area (Å²) in [6, 6.07) is 22.0. The number of benzene rings is 3. The Morgan fingerprint density at radius 3 is 2.43 bits per heavy atom. The summed E-state index contributed by atoms with van der Waals surface area (Å²) >= 11 is 0. The van der Waals surface area contributed by atoms with E-state index in [2.05, 4.69) is 15.3 Å². The summed E-state index contributed by atoms with van der Waals surface area (Å²) in [5.74, 6) is -1.49. The van der Waals surface area contributed by atoms with Crippen molar-refractivity contribution in [1.82, 2.24) is 4.98 Å². The Hall–Kier alpha value is -4.76. The molecule has 9 heteroatoms. The summed E-state index contributed by atoms with van der Waals surface area (Å²) in [5.41, 5.74) is 16.6. The van der Waals surface area contributed by atoms with Crippen molar-refractivity contribution in [1.29, 1.82) is 0 Å². The molecule has 0 bridgehead atoms. The van der Waals surface area contributed by atoms with Crippen LogP contribution < -0.4 is 16.8 Å². The third-order valence-electron chi connectivity index (χ3n) is 5.90. The summed E-state index contributed by atoms with van der Waals surface area (Å²) in [5, 5.41) is 12.0. The Bertz CT molecular complexity index is 1430. The van der Waals surface area contributed by atoms with E-state index in [0.717, 1.165) is 17.4 Å². The first-order valence-electron chi connectivity index (χ1n) is 11.6. The van der Waals surface area contributed by atoms with Gasteiger partial charge >= 0.3 is 5.97 Å². The molecule has 1 atom stereocenters. The van der Waals surface area contributed by atoms with E-state index in [1.807, 2.05) is 42.5 Å². The minimum atomic E-state index is -1.16. The highest BCUT2D eigenvalue weighted by Gasteiger charge is 2.21. The smallest absolute Gasteiger partial charge is 0.357 e. The predicted molar refractivity (Wildman–Crippen MR) is 143 cm³/mol. The molecule has 0 aliphatic heterocycles. The van der Waals surface area contributed by atoms with Crippen molar-refractivity contribution < 1.29 is 19.1 Å². The Morgan fingerprint density at radius 1 is 1.08 bits per heavy atom. The summed E-state index contributed by atoms with van der Waals surface area (Å²) in [6.07, 6.45) is 1.62. The molecule has 1 aromatic heterocycles. The van der Waals surface area contributed by atoms with Gasteiger partial charge in [-0.05, 0) is 48.9 Å². The molecule has 0 saturated heterocycles. The van der Waals surface area contributed by atoms with Crippen LogP contribution in [-0.2, 0) is 4.79 Å². The third kappa shape index (κ3) is 5.74. The number of carboxylic acid groups (broad SMARTS) is 1. The second-order valence-electron chi connectivity index (χ2n) is 8.32. The molecule has 9 nitrogen and oxygen atoms in total. The van der Waals surface area contributed by atoms with Crippen molar-refractivity contribution in [3.8, 4) is 11.5 Å². The lowest BCUT2D eigenvalue weighted by molar-refractivity contribution is -0.117. The second-order valence-corrected chi connectivity index (χ2v) is 8.32. The zero-order chi connectivity index (χ0) is 26.4. The number of hydrogen-bond acceptors (Lipinski definition) is 7. The van der Waals surface area contributed by atoms with Gasteiger partial charge in [-0.25, -0.2) is 9.78 Å². The molecule has 1 amide bonds. The molecule has 4 aromatic rings. The van der Waals surface area contributed by atoms with E-state index >= 15 is 0 Å². The fraction of sp³-hybridized carbons (Fsp3) is 0.143. The maximum absolute atomic E-state index is 13.1. The Kier molecular flexibility index (Phi) is 7.75. The molecule has 6 N–H and O–H groups in total. The number of amides is 1. The number of nitrogens with zero attached hydrogens (tertiary/aromatic N) is 2. The second kappa shape index (κ2) is 11.3. The topological polar surface area (TPSA) is 157 Å². The lowest BCUT2D eigenvalue weighted by Gasteiger charge is -2.18. The zero-order valence-electron chi connectivity index (χ0n) is 20.2. The SMILES string of the molecule is C/N=C(/c1ccc(-c2nc(C(=O)O)co2)cc1)c1cc(NC(=O)C(CCN)c2ccccc2)ccc1N. The number of nitrogen functional groups attached to an aromatic ring is 1. The summed E-state index contributed by atoms with van der Waals surface area (Å²) < 4.78 is 5.27. The minimum Gasteiger partial charge on any atom is -0.476 e. The third-order valence-corrected chi connectivity index (χ3v) is 5.90. The molecule has 0 fully saturated rings. The highest BCUT2D eigenvalue weighted by molar-refractivity contribution is 6.16. The average Bonchev–Trinajstić information content (AvgIpc) is 3.41. The van der Waals surface area contributed by atoms with Gasteiger partial charge in [-0.2, -0.15) is 0 Å². The first-order valence-corrected chi connectivity index (χ1v) is 11.6. The van der Waals surface area contributed by atoms with Crippen molar-refractivity contribution in [2.45, 2.75) is 12.3 Å². The average molecular weight is 498 g/mol. The van der Waals surface area contributed by atoms with Gasteiger partial charge in [0, 0.05) is 35.1 Å². The van der Waals surface area contributed by atoms with E-state index in [-0.39, 0.29) is 23.4 Å². The number of nitrogens with two attached hydrogens (primary N) is 2. The molecule has 3 aromatic carbocycles. The Morgan fingerprint density at radius 2 is 1.81 bits per heavy atom. The van der Waals surface area contributed by atoms with Crippen LogP contribution in [0.3, 0.4) is 0 Å². The molecule has 0 aliphatic rings. The zero-order valence-corrected chi connectivity index (χ0v) is 20.2. The number of carbonyl (C=O) groups is 2. The van der Waals surface area contributed by atoms with Gasteiger partial charge < -0.3 is 26.3 Å². The normalized spacial score (nSPS) is 12.2. The molecule has 1 heterocycles. The number of carboxylic acids is 1. The van der Waals surface area contributed by atoms with Gasteiger partial charge in [0.15, 0.2) is 5.69 Å². The van der Waals surface area contributed by atoms with Crippen LogP contribution in [0.2, 0.25) is 0 Å². The monoisotopic (exact) mass is 497 g/mol. The number of oxazole rings is 1. The minimum absolute atomic E-state index is 0.154. The van der Waals surface area contributed by atoms with E-state index in [0.29, 0.717) is 41.2 Å². The van der Waals surface area contributed by atoms with Crippen molar-refractivity contribution in [3.63, 3.8) is 0 Å². The molecule has 37 heavy (non-hydrogen) atoms. The Labute approximate surface area is 213 Å². The number of carbonyl (C=O) groups excluding carboxylic acids is 1. The van der Waals surface area contributed by atoms with Gasteiger partial charge in [0.05, 0.1) is 11.6 Å². The number of aliphatic imine (C=N–C) groups is 1. The van der Waals surface area contributed by atoms with E-state index in [1.54, 1.807) is 37.4 Å². The Balaban J connectivity index is 1.58. The van der Waals surface area contributed by atoms with Gasteiger partial charge in [0.2, 0.25) is 11.8 Å². The number of nitrogens with one attached hydrogen (secondary N) is 1. The first kappa shape index (κ1) is 25.3. The number of rotatable bonds is 9. The molecule has 0 aliphatic carbocycles. The number of hydrogen-bond donors (Lipinski definition) is 4. The van der Waals surface area contributed by atoms with Crippen LogP contribution in [0.1, 0.15) is 39.5 Å². The van der Waals surface area contributed by atoms with Crippen molar-refractivity contribution in [2.75, 3.05) is 24.6 Å². The quantitative estimate of drug-likeness (QED) is 0.200. The molecule has 188 valence electrons. The molecule has 1 unspecified atom stereocenters. The van der Waals surface area contributed by atoms with Crippen LogP contribution in [0.4, 0.5) is 11.4 Å². The van der Waals surface area contributed by atoms with Crippen LogP contribution in [-0.4, -0.2) is 41.3 Å². The van der Waals surface area contributed by atoms with Crippen LogP contribution in [0.25, 0.3) is 11.5 Å². The molecule has 0 saturated carbocycles.